The molecule has 0 aliphatic carbocycles. The largest absolute Gasteiger partial charge is 0.299 e. The van der Waals surface area contributed by atoms with E-state index in [1.54, 1.807) is 0 Å². The Morgan fingerprint density at radius 3 is 2.90 bits per heavy atom. The van der Waals surface area contributed by atoms with Gasteiger partial charge in [0, 0.05) is 11.9 Å². The highest BCUT2D eigenvalue weighted by Gasteiger charge is 2.15. The second kappa shape index (κ2) is 5.66. The number of fused-ring (bicyclic) bond motifs is 1. The molecule has 1 aromatic carbocycles. The van der Waals surface area contributed by atoms with Crippen molar-refractivity contribution in [1.82, 2.24) is 10.0 Å². The zero-order valence-electron chi connectivity index (χ0n) is 10.9. The molecule has 0 unspecified atom stereocenters. The average Bonchev–Trinajstić information content (AvgIpc) is 2.41. The summed E-state index contributed by atoms with van der Waals surface area (Å²) >= 11 is 0. The molecule has 1 heterocycles. The summed E-state index contributed by atoms with van der Waals surface area (Å²) in [5.74, 6) is -1.06. The standard InChI is InChI=1S/C14H13FN2O3/c1-3-6-17-12(13(18)16-20-2)8-9-7-10(15)4-5-11(9)14(17)19/h3-5,7-8H,1,6H2,2H3,(H,16,18). The number of hydrogen-bond donors (Lipinski definition) is 1. The van der Waals surface area contributed by atoms with E-state index in [9.17, 15) is 14.0 Å². The normalized spacial score (nSPS) is 10.5. The quantitative estimate of drug-likeness (QED) is 0.682. The van der Waals surface area contributed by atoms with Crippen LogP contribution in [0.3, 0.4) is 0 Å². The van der Waals surface area contributed by atoms with Crippen LogP contribution in [0.15, 0.2) is 41.7 Å². The van der Waals surface area contributed by atoms with Crippen LogP contribution in [-0.4, -0.2) is 17.6 Å². The van der Waals surface area contributed by atoms with Crippen LogP contribution in [0.1, 0.15) is 10.5 Å². The molecule has 2 rings (SSSR count). The summed E-state index contributed by atoms with van der Waals surface area (Å²) in [6.07, 6.45) is 1.50. The van der Waals surface area contributed by atoms with E-state index in [1.807, 2.05) is 0 Å². The Labute approximate surface area is 114 Å². The number of benzene rings is 1. The molecule has 1 N–H and O–H groups in total. The summed E-state index contributed by atoms with van der Waals surface area (Å²) < 4.78 is 14.5. The summed E-state index contributed by atoms with van der Waals surface area (Å²) in [4.78, 5) is 28.8. The fourth-order valence-corrected chi connectivity index (χ4v) is 1.97. The topological polar surface area (TPSA) is 60.3 Å². The fraction of sp³-hybridized carbons (Fsp3) is 0.143. The van der Waals surface area contributed by atoms with E-state index in [0.717, 1.165) is 0 Å². The number of aromatic nitrogens is 1. The second-order valence-electron chi connectivity index (χ2n) is 4.10. The Balaban J connectivity index is 2.76. The van der Waals surface area contributed by atoms with Crippen molar-refractivity contribution < 1.29 is 14.0 Å². The van der Waals surface area contributed by atoms with Gasteiger partial charge in [0.25, 0.3) is 11.5 Å². The summed E-state index contributed by atoms with van der Waals surface area (Å²) in [5, 5.41) is 0.693. The van der Waals surface area contributed by atoms with E-state index in [2.05, 4.69) is 16.9 Å². The first-order chi connectivity index (χ1) is 9.58. The molecule has 2 aromatic rings. The van der Waals surface area contributed by atoms with E-state index in [4.69, 9.17) is 0 Å². The van der Waals surface area contributed by atoms with Crippen LogP contribution in [-0.2, 0) is 11.4 Å². The van der Waals surface area contributed by atoms with Gasteiger partial charge in [-0.15, -0.1) is 6.58 Å². The molecule has 1 amide bonds. The van der Waals surface area contributed by atoms with Gasteiger partial charge in [0.15, 0.2) is 0 Å². The zero-order chi connectivity index (χ0) is 14.7. The number of nitrogens with one attached hydrogen (secondary N) is 1. The van der Waals surface area contributed by atoms with Crippen molar-refractivity contribution in [3.05, 3.63) is 58.8 Å². The second-order valence-corrected chi connectivity index (χ2v) is 4.10. The van der Waals surface area contributed by atoms with Crippen molar-refractivity contribution in [3.8, 4) is 0 Å². The fourth-order valence-electron chi connectivity index (χ4n) is 1.97. The molecule has 0 saturated carbocycles. The van der Waals surface area contributed by atoms with Crippen molar-refractivity contribution >= 4 is 16.7 Å². The molecule has 0 saturated heterocycles. The molecule has 0 atom stereocenters. The molecule has 5 nitrogen and oxygen atoms in total. The summed E-state index contributed by atoms with van der Waals surface area (Å²) in [6, 6.07) is 5.25. The SMILES string of the molecule is C=CCn1c(C(=O)NOC)cc2cc(F)ccc2c1=O. The van der Waals surface area contributed by atoms with E-state index in [-0.39, 0.29) is 17.8 Å². The number of nitrogens with zero attached hydrogens (tertiary/aromatic N) is 1. The number of pyridine rings is 1. The molecule has 0 aliphatic heterocycles. The molecule has 1 aromatic heterocycles. The number of hydrogen-bond acceptors (Lipinski definition) is 3. The summed E-state index contributed by atoms with van der Waals surface area (Å²) in [5.41, 5.74) is 1.83. The van der Waals surface area contributed by atoms with Crippen molar-refractivity contribution in [2.45, 2.75) is 6.54 Å². The first-order valence-electron chi connectivity index (χ1n) is 5.85. The van der Waals surface area contributed by atoms with Crippen molar-refractivity contribution in [1.29, 1.82) is 0 Å². The van der Waals surface area contributed by atoms with Gasteiger partial charge in [0.2, 0.25) is 0 Å². The van der Waals surface area contributed by atoms with Gasteiger partial charge in [0.1, 0.15) is 11.5 Å². The molecule has 0 bridgehead atoms. The Morgan fingerprint density at radius 2 is 2.25 bits per heavy atom. The maximum atomic E-state index is 13.2. The molecule has 20 heavy (non-hydrogen) atoms. The minimum atomic E-state index is -0.586. The molecule has 0 radical (unpaired) electrons. The Kier molecular flexibility index (Phi) is 3.95. The van der Waals surface area contributed by atoms with E-state index in [0.29, 0.717) is 10.8 Å². The van der Waals surface area contributed by atoms with Gasteiger partial charge in [0.05, 0.1) is 7.11 Å². The number of allylic oxidation sites excluding steroid dienone is 1. The van der Waals surface area contributed by atoms with E-state index < -0.39 is 11.7 Å². The number of carbonyl (C=O) groups excluding carboxylic acids is 1. The first-order valence-corrected chi connectivity index (χ1v) is 5.85. The Bertz CT molecular complexity index is 737. The van der Waals surface area contributed by atoms with Gasteiger partial charge in [-0.3, -0.25) is 19.0 Å². The maximum absolute atomic E-state index is 13.2. The smallest absolute Gasteiger partial charge is 0.291 e. The number of amides is 1. The molecular formula is C14H13FN2O3. The predicted octanol–water partition coefficient (Wildman–Crippen LogP) is 1.62. The van der Waals surface area contributed by atoms with Crippen LogP contribution < -0.4 is 11.0 Å². The van der Waals surface area contributed by atoms with Crippen molar-refractivity contribution in [3.63, 3.8) is 0 Å². The number of halogens is 1. The monoisotopic (exact) mass is 276 g/mol. The summed E-state index contributed by atoms with van der Waals surface area (Å²) in [6.45, 7) is 3.72. The summed E-state index contributed by atoms with van der Waals surface area (Å²) in [7, 11) is 1.29. The third-order valence-corrected chi connectivity index (χ3v) is 2.81. The average molecular weight is 276 g/mol. The van der Waals surface area contributed by atoms with Gasteiger partial charge < -0.3 is 0 Å². The highest BCUT2D eigenvalue weighted by Crippen LogP contribution is 2.14. The van der Waals surface area contributed by atoms with Gasteiger partial charge in [-0.1, -0.05) is 6.08 Å². The Hall–Kier alpha value is -2.47. The van der Waals surface area contributed by atoms with Gasteiger partial charge >= 0.3 is 0 Å². The van der Waals surface area contributed by atoms with Crippen LogP contribution >= 0.6 is 0 Å². The lowest BCUT2D eigenvalue weighted by Crippen LogP contribution is -2.31. The van der Waals surface area contributed by atoms with E-state index >= 15 is 0 Å². The highest BCUT2D eigenvalue weighted by atomic mass is 19.1. The first kappa shape index (κ1) is 14.0. The third kappa shape index (κ3) is 2.46. The van der Waals surface area contributed by atoms with Crippen molar-refractivity contribution in [2.75, 3.05) is 7.11 Å². The number of hydroxylamine groups is 1. The molecule has 0 spiro atoms. The zero-order valence-corrected chi connectivity index (χ0v) is 10.9. The lowest BCUT2D eigenvalue weighted by atomic mass is 10.1. The lowest BCUT2D eigenvalue weighted by Gasteiger charge is -2.12. The molecular weight excluding hydrogens is 263 g/mol. The van der Waals surface area contributed by atoms with Crippen LogP contribution in [0.4, 0.5) is 4.39 Å². The molecule has 0 fully saturated rings. The third-order valence-electron chi connectivity index (χ3n) is 2.81. The minimum absolute atomic E-state index is 0.0786. The minimum Gasteiger partial charge on any atom is -0.299 e. The van der Waals surface area contributed by atoms with Crippen molar-refractivity contribution in [2.24, 2.45) is 0 Å². The van der Waals surface area contributed by atoms with Crippen LogP contribution in [0, 0.1) is 5.82 Å². The highest BCUT2D eigenvalue weighted by molar-refractivity contribution is 5.96. The molecule has 104 valence electrons. The van der Waals surface area contributed by atoms with Gasteiger partial charge in [-0.25, -0.2) is 9.87 Å². The van der Waals surface area contributed by atoms with E-state index in [1.165, 1.54) is 42.0 Å². The van der Waals surface area contributed by atoms with Crippen LogP contribution in [0.5, 0.6) is 0 Å². The van der Waals surface area contributed by atoms with Gasteiger partial charge in [-0.05, 0) is 29.7 Å². The number of carbonyl (C=O) groups is 1. The molecule has 0 aliphatic rings. The lowest BCUT2D eigenvalue weighted by molar-refractivity contribution is 0.0527. The molecule has 6 heteroatoms. The number of rotatable bonds is 4. The Morgan fingerprint density at radius 1 is 1.50 bits per heavy atom. The van der Waals surface area contributed by atoms with Gasteiger partial charge in [-0.2, -0.15) is 0 Å². The predicted molar refractivity (Wildman–Crippen MR) is 72.8 cm³/mol. The van der Waals surface area contributed by atoms with Crippen LogP contribution in [0.25, 0.3) is 10.8 Å². The maximum Gasteiger partial charge on any atom is 0.291 e. The van der Waals surface area contributed by atoms with Crippen LogP contribution in [0.2, 0.25) is 0 Å².